The molecule has 134 valence electrons. The van der Waals surface area contributed by atoms with Crippen LogP contribution in [0.15, 0.2) is 18.6 Å². The number of rotatable bonds is 6. The topological polar surface area (TPSA) is 137 Å². The Kier molecular flexibility index (Phi) is 5.13. The normalized spacial score (nSPS) is 20.2. The quantitative estimate of drug-likeness (QED) is 0.618. The molecule has 1 fully saturated rings. The fraction of sp³-hybridized carbons (Fsp3) is 0.500. The number of aromatic nitrogens is 4. The van der Waals surface area contributed by atoms with E-state index in [1.165, 1.54) is 0 Å². The molecule has 1 aliphatic rings. The van der Waals surface area contributed by atoms with Crippen LogP contribution >= 0.6 is 0 Å². The van der Waals surface area contributed by atoms with Gasteiger partial charge in [0, 0.05) is 18.6 Å². The van der Waals surface area contributed by atoms with E-state index in [0.29, 0.717) is 18.2 Å². The molecule has 0 spiro atoms. The first kappa shape index (κ1) is 17.2. The van der Waals surface area contributed by atoms with E-state index < -0.39 is 5.91 Å². The third kappa shape index (κ3) is 4.05. The van der Waals surface area contributed by atoms with Crippen LogP contribution in [0.25, 0.3) is 0 Å². The highest BCUT2D eigenvalue weighted by atomic mass is 16.1. The highest BCUT2D eigenvalue weighted by Gasteiger charge is 2.22. The summed E-state index contributed by atoms with van der Waals surface area (Å²) < 4.78 is 1.68. The summed E-state index contributed by atoms with van der Waals surface area (Å²) >= 11 is 0. The number of primary amides is 1. The van der Waals surface area contributed by atoms with Gasteiger partial charge in [0.1, 0.15) is 6.33 Å². The average Bonchev–Trinajstić information content (AvgIpc) is 3.04. The number of pyridine rings is 1. The molecule has 9 nitrogen and oxygen atoms in total. The Bertz CT molecular complexity index is 743. The van der Waals surface area contributed by atoms with Gasteiger partial charge in [-0.2, -0.15) is 0 Å². The zero-order valence-electron chi connectivity index (χ0n) is 14.3. The SMILES string of the molecule is CCn1cnc(Nc2cc(N[C@@H]3CCCC[C@@H]3N)cnc2C(N)=O)n1. The molecule has 1 amide bonds. The third-order valence-electron chi connectivity index (χ3n) is 4.40. The van der Waals surface area contributed by atoms with Crippen molar-refractivity contribution in [3.63, 3.8) is 0 Å². The van der Waals surface area contributed by atoms with Gasteiger partial charge >= 0.3 is 0 Å². The van der Waals surface area contributed by atoms with Gasteiger partial charge < -0.3 is 22.1 Å². The fourth-order valence-corrected chi connectivity index (χ4v) is 3.01. The van der Waals surface area contributed by atoms with Crippen molar-refractivity contribution in [3.05, 3.63) is 24.3 Å². The minimum absolute atomic E-state index is 0.114. The first-order valence-electron chi connectivity index (χ1n) is 8.55. The molecule has 6 N–H and O–H groups in total. The Morgan fingerprint density at radius 1 is 1.36 bits per heavy atom. The number of aryl methyl sites for hydroxylation is 1. The number of nitrogens with one attached hydrogen (secondary N) is 2. The van der Waals surface area contributed by atoms with Crippen molar-refractivity contribution in [1.82, 2.24) is 19.7 Å². The Hall–Kier alpha value is -2.68. The molecule has 25 heavy (non-hydrogen) atoms. The zero-order chi connectivity index (χ0) is 17.8. The maximum Gasteiger partial charge on any atom is 0.269 e. The maximum absolute atomic E-state index is 11.7. The summed E-state index contributed by atoms with van der Waals surface area (Å²) in [6.45, 7) is 2.67. The second kappa shape index (κ2) is 7.47. The maximum atomic E-state index is 11.7. The van der Waals surface area contributed by atoms with Crippen LogP contribution in [-0.2, 0) is 6.54 Å². The Labute approximate surface area is 146 Å². The van der Waals surface area contributed by atoms with Crippen LogP contribution in [0.5, 0.6) is 0 Å². The van der Waals surface area contributed by atoms with E-state index in [4.69, 9.17) is 11.5 Å². The molecule has 0 bridgehead atoms. The van der Waals surface area contributed by atoms with Gasteiger partial charge in [0.05, 0.1) is 17.6 Å². The van der Waals surface area contributed by atoms with Crippen molar-refractivity contribution in [2.75, 3.05) is 10.6 Å². The fourth-order valence-electron chi connectivity index (χ4n) is 3.01. The summed E-state index contributed by atoms with van der Waals surface area (Å²) in [5.41, 5.74) is 13.0. The van der Waals surface area contributed by atoms with Crippen LogP contribution in [0, 0.1) is 0 Å². The smallest absolute Gasteiger partial charge is 0.269 e. The highest BCUT2D eigenvalue weighted by Crippen LogP contribution is 2.25. The number of anilines is 3. The number of nitrogens with zero attached hydrogens (tertiary/aromatic N) is 4. The number of hydrogen-bond donors (Lipinski definition) is 4. The number of hydrogen-bond acceptors (Lipinski definition) is 7. The van der Waals surface area contributed by atoms with E-state index in [9.17, 15) is 4.79 Å². The lowest BCUT2D eigenvalue weighted by Gasteiger charge is -2.30. The highest BCUT2D eigenvalue weighted by molar-refractivity contribution is 5.97. The van der Waals surface area contributed by atoms with Gasteiger partial charge in [0.2, 0.25) is 5.95 Å². The second-order valence-electron chi connectivity index (χ2n) is 6.23. The zero-order valence-corrected chi connectivity index (χ0v) is 14.3. The second-order valence-corrected chi connectivity index (χ2v) is 6.23. The van der Waals surface area contributed by atoms with Crippen molar-refractivity contribution in [2.24, 2.45) is 11.5 Å². The van der Waals surface area contributed by atoms with Gasteiger partial charge in [-0.25, -0.2) is 9.97 Å². The molecule has 1 saturated carbocycles. The minimum atomic E-state index is -0.613. The van der Waals surface area contributed by atoms with Gasteiger partial charge in [-0.1, -0.05) is 12.8 Å². The first-order chi connectivity index (χ1) is 12.1. The predicted molar refractivity (Wildman–Crippen MR) is 95.6 cm³/mol. The van der Waals surface area contributed by atoms with Crippen LogP contribution in [-0.4, -0.2) is 37.7 Å². The molecule has 1 aliphatic carbocycles. The molecule has 9 heteroatoms. The van der Waals surface area contributed by atoms with Crippen molar-refractivity contribution >= 4 is 23.2 Å². The first-order valence-corrected chi connectivity index (χ1v) is 8.55. The molecule has 3 rings (SSSR count). The Morgan fingerprint density at radius 3 is 2.84 bits per heavy atom. The van der Waals surface area contributed by atoms with E-state index in [1.54, 1.807) is 23.3 Å². The van der Waals surface area contributed by atoms with Crippen molar-refractivity contribution in [2.45, 2.75) is 51.2 Å². The third-order valence-corrected chi connectivity index (χ3v) is 4.40. The molecule has 2 aromatic rings. The molecule has 0 unspecified atom stereocenters. The molecule has 0 aliphatic heterocycles. The monoisotopic (exact) mass is 344 g/mol. The van der Waals surface area contributed by atoms with Gasteiger partial charge in [-0.15, -0.1) is 5.10 Å². The average molecular weight is 344 g/mol. The summed E-state index contributed by atoms with van der Waals surface area (Å²) in [6.07, 6.45) is 7.56. The molecule has 2 heterocycles. The molecule has 0 radical (unpaired) electrons. The Balaban J connectivity index is 1.82. The number of nitrogens with two attached hydrogens (primary N) is 2. The molecule has 2 aromatic heterocycles. The number of amides is 1. The van der Waals surface area contributed by atoms with Crippen LogP contribution in [0.3, 0.4) is 0 Å². The molecular weight excluding hydrogens is 320 g/mol. The lowest BCUT2D eigenvalue weighted by molar-refractivity contribution is 0.0996. The van der Waals surface area contributed by atoms with Crippen LogP contribution in [0.1, 0.15) is 43.1 Å². The minimum Gasteiger partial charge on any atom is -0.379 e. The molecule has 0 saturated heterocycles. The standard InChI is InChI=1S/C16H24N8O/c1-2-24-9-20-16(23-24)22-13-7-10(8-19-14(13)15(18)25)21-12-6-4-3-5-11(12)17/h7-9,11-12,21H,2-6,17H2,1H3,(H2,18,25)(H,22,23)/t11-,12+/m0/s1. The molecule has 2 atom stereocenters. The van der Waals surface area contributed by atoms with Crippen LogP contribution in [0.2, 0.25) is 0 Å². The molecular formula is C16H24N8O. The van der Waals surface area contributed by atoms with E-state index in [-0.39, 0.29) is 17.8 Å². The van der Waals surface area contributed by atoms with Gasteiger partial charge in [0.15, 0.2) is 5.69 Å². The largest absolute Gasteiger partial charge is 0.379 e. The molecule has 0 aromatic carbocycles. The van der Waals surface area contributed by atoms with E-state index in [0.717, 1.165) is 31.4 Å². The lowest BCUT2D eigenvalue weighted by atomic mass is 9.91. The van der Waals surface area contributed by atoms with E-state index >= 15 is 0 Å². The lowest BCUT2D eigenvalue weighted by Crippen LogP contribution is -2.42. The van der Waals surface area contributed by atoms with E-state index in [2.05, 4.69) is 25.7 Å². The number of carbonyl (C=O) groups is 1. The van der Waals surface area contributed by atoms with Crippen molar-refractivity contribution in [1.29, 1.82) is 0 Å². The van der Waals surface area contributed by atoms with Gasteiger partial charge in [0.25, 0.3) is 5.91 Å². The number of carbonyl (C=O) groups excluding carboxylic acids is 1. The Morgan fingerprint density at radius 2 is 2.16 bits per heavy atom. The van der Waals surface area contributed by atoms with Crippen molar-refractivity contribution in [3.8, 4) is 0 Å². The summed E-state index contributed by atoms with van der Waals surface area (Å²) in [7, 11) is 0. The summed E-state index contributed by atoms with van der Waals surface area (Å²) in [4.78, 5) is 20.0. The summed E-state index contributed by atoms with van der Waals surface area (Å²) in [5, 5.41) is 10.7. The predicted octanol–water partition coefficient (Wildman–Crippen LogP) is 1.22. The van der Waals surface area contributed by atoms with Gasteiger partial charge in [-0.3, -0.25) is 9.48 Å². The van der Waals surface area contributed by atoms with Gasteiger partial charge in [-0.05, 0) is 25.8 Å². The van der Waals surface area contributed by atoms with Crippen molar-refractivity contribution < 1.29 is 4.79 Å². The van der Waals surface area contributed by atoms with Crippen LogP contribution < -0.4 is 22.1 Å². The summed E-state index contributed by atoms with van der Waals surface area (Å²) in [5.74, 6) is -0.226. The van der Waals surface area contributed by atoms with E-state index in [1.807, 2.05) is 6.92 Å². The van der Waals surface area contributed by atoms with Crippen LogP contribution in [0.4, 0.5) is 17.3 Å². The summed E-state index contributed by atoms with van der Waals surface area (Å²) in [6, 6.07) is 2.10.